The van der Waals surface area contributed by atoms with Gasteiger partial charge in [-0.3, -0.25) is 0 Å². The Morgan fingerprint density at radius 2 is 2.23 bits per heavy atom. The molecular formula is C12H20O. The quantitative estimate of drug-likeness (QED) is 0.647. The number of hydrogen-bond acceptors (Lipinski definition) is 1. The lowest BCUT2D eigenvalue weighted by molar-refractivity contribution is 0.170. The SMILES string of the molecule is C=C(C)C1CC(CC)=C(C)C(O)C1. The highest BCUT2D eigenvalue weighted by molar-refractivity contribution is 5.23. The molecule has 0 heterocycles. The second kappa shape index (κ2) is 4.10. The molecule has 0 saturated heterocycles. The van der Waals surface area contributed by atoms with Crippen LogP contribution in [0.15, 0.2) is 23.3 Å². The summed E-state index contributed by atoms with van der Waals surface area (Å²) in [5.74, 6) is 0.494. The molecule has 0 aromatic carbocycles. The van der Waals surface area contributed by atoms with Crippen LogP contribution in [0.1, 0.15) is 40.0 Å². The van der Waals surface area contributed by atoms with E-state index in [2.05, 4.69) is 27.4 Å². The second-order valence-corrected chi connectivity index (χ2v) is 4.14. The van der Waals surface area contributed by atoms with Crippen LogP contribution in [0.25, 0.3) is 0 Å². The summed E-state index contributed by atoms with van der Waals surface area (Å²) in [6.45, 7) is 10.2. The second-order valence-electron chi connectivity index (χ2n) is 4.14. The predicted molar refractivity (Wildman–Crippen MR) is 56.5 cm³/mol. The molecule has 13 heavy (non-hydrogen) atoms. The van der Waals surface area contributed by atoms with Gasteiger partial charge in [-0.05, 0) is 44.6 Å². The van der Waals surface area contributed by atoms with Gasteiger partial charge in [-0.2, -0.15) is 0 Å². The van der Waals surface area contributed by atoms with Crippen LogP contribution in [0.5, 0.6) is 0 Å². The predicted octanol–water partition coefficient (Wildman–Crippen LogP) is 3.06. The lowest BCUT2D eigenvalue weighted by Crippen LogP contribution is -2.22. The highest BCUT2D eigenvalue weighted by Crippen LogP contribution is 2.34. The van der Waals surface area contributed by atoms with Crippen molar-refractivity contribution < 1.29 is 5.11 Å². The highest BCUT2D eigenvalue weighted by atomic mass is 16.3. The Hall–Kier alpha value is -0.560. The fourth-order valence-corrected chi connectivity index (χ4v) is 2.02. The first kappa shape index (κ1) is 10.5. The number of aliphatic hydroxyl groups excluding tert-OH is 1. The average Bonchev–Trinajstić information content (AvgIpc) is 2.09. The summed E-state index contributed by atoms with van der Waals surface area (Å²) in [5, 5.41) is 9.80. The molecule has 1 rings (SSSR count). The van der Waals surface area contributed by atoms with E-state index in [1.165, 1.54) is 16.7 Å². The van der Waals surface area contributed by atoms with Gasteiger partial charge in [0.25, 0.3) is 0 Å². The van der Waals surface area contributed by atoms with Crippen LogP contribution in [-0.4, -0.2) is 11.2 Å². The van der Waals surface area contributed by atoms with Gasteiger partial charge in [-0.25, -0.2) is 0 Å². The fraction of sp³-hybridized carbons (Fsp3) is 0.667. The number of allylic oxidation sites excluding steroid dienone is 2. The zero-order chi connectivity index (χ0) is 10.0. The Morgan fingerprint density at radius 3 is 2.69 bits per heavy atom. The number of hydrogen-bond donors (Lipinski definition) is 1. The minimum absolute atomic E-state index is 0.231. The summed E-state index contributed by atoms with van der Waals surface area (Å²) >= 11 is 0. The third-order valence-corrected chi connectivity index (χ3v) is 3.18. The van der Waals surface area contributed by atoms with Crippen molar-refractivity contribution in [3.63, 3.8) is 0 Å². The Morgan fingerprint density at radius 1 is 1.62 bits per heavy atom. The molecule has 2 unspecified atom stereocenters. The topological polar surface area (TPSA) is 20.2 Å². The summed E-state index contributed by atoms with van der Waals surface area (Å²) < 4.78 is 0. The molecule has 0 bridgehead atoms. The van der Waals surface area contributed by atoms with Crippen LogP contribution in [0.2, 0.25) is 0 Å². The van der Waals surface area contributed by atoms with Gasteiger partial charge in [0.1, 0.15) is 0 Å². The van der Waals surface area contributed by atoms with Gasteiger partial charge in [0, 0.05) is 0 Å². The van der Waals surface area contributed by atoms with E-state index in [4.69, 9.17) is 0 Å². The minimum Gasteiger partial charge on any atom is -0.389 e. The van der Waals surface area contributed by atoms with Crippen molar-refractivity contribution in [2.75, 3.05) is 0 Å². The average molecular weight is 180 g/mol. The summed E-state index contributed by atoms with van der Waals surface area (Å²) in [5.41, 5.74) is 3.82. The van der Waals surface area contributed by atoms with E-state index < -0.39 is 0 Å². The molecule has 0 aliphatic heterocycles. The van der Waals surface area contributed by atoms with Crippen molar-refractivity contribution in [1.82, 2.24) is 0 Å². The van der Waals surface area contributed by atoms with Gasteiger partial charge in [0.15, 0.2) is 0 Å². The molecule has 0 fully saturated rings. The smallest absolute Gasteiger partial charge is 0.0755 e. The molecule has 1 N–H and O–H groups in total. The minimum atomic E-state index is -0.231. The molecule has 1 aliphatic rings. The van der Waals surface area contributed by atoms with Crippen LogP contribution < -0.4 is 0 Å². The molecule has 0 aromatic heterocycles. The largest absolute Gasteiger partial charge is 0.389 e. The summed E-state index contributed by atoms with van der Waals surface area (Å²) in [7, 11) is 0. The van der Waals surface area contributed by atoms with E-state index in [1.54, 1.807) is 0 Å². The van der Waals surface area contributed by atoms with Crippen LogP contribution >= 0.6 is 0 Å². The lowest BCUT2D eigenvalue weighted by atomic mass is 9.79. The molecule has 1 heteroatoms. The van der Waals surface area contributed by atoms with Gasteiger partial charge in [0.05, 0.1) is 6.10 Å². The molecule has 1 nitrogen and oxygen atoms in total. The van der Waals surface area contributed by atoms with Gasteiger partial charge in [-0.1, -0.05) is 24.6 Å². The zero-order valence-electron chi connectivity index (χ0n) is 8.93. The van der Waals surface area contributed by atoms with Crippen LogP contribution in [0.3, 0.4) is 0 Å². The van der Waals surface area contributed by atoms with E-state index in [9.17, 15) is 5.11 Å². The molecule has 1 aliphatic carbocycles. The molecular weight excluding hydrogens is 160 g/mol. The van der Waals surface area contributed by atoms with E-state index in [0.29, 0.717) is 5.92 Å². The molecule has 0 radical (unpaired) electrons. The third kappa shape index (κ3) is 2.22. The molecule has 0 amide bonds. The Bertz CT molecular complexity index is 238. The first-order valence-corrected chi connectivity index (χ1v) is 5.08. The maximum atomic E-state index is 9.80. The maximum Gasteiger partial charge on any atom is 0.0755 e. The molecule has 2 atom stereocenters. The standard InChI is InChI=1S/C12H20O/c1-5-10-6-11(8(2)3)7-12(13)9(10)4/h11-13H,2,5-7H2,1,3-4H3. The monoisotopic (exact) mass is 180 g/mol. The Kier molecular flexibility index (Phi) is 3.32. The zero-order valence-corrected chi connectivity index (χ0v) is 8.93. The van der Waals surface area contributed by atoms with Crippen LogP contribution in [-0.2, 0) is 0 Å². The Labute approximate surface area is 81.2 Å². The first-order chi connectivity index (χ1) is 6.06. The van der Waals surface area contributed by atoms with Crippen LogP contribution in [0, 0.1) is 5.92 Å². The van der Waals surface area contributed by atoms with E-state index in [-0.39, 0.29) is 6.10 Å². The third-order valence-electron chi connectivity index (χ3n) is 3.18. The van der Waals surface area contributed by atoms with Crippen molar-refractivity contribution in [1.29, 1.82) is 0 Å². The van der Waals surface area contributed by atoms with Gasteiger partial charge < -0.3 is 5.11 Å². The van der Waals surface area contributed by atoms with Crippen molar-refractivity contribution >= 4 is 0 Å². The number of rotatable bonds is 2. The van der Waals surface area contributed by atoms with Crippen molar-refractivity contribution in [3.8, 4) is 0 Å². The van der Waals surface area contributed by atoms with Crippen LogP contribution in [0.4, 0.5) is 0 Å². The first-order valence-electron chi connectivity index (χ1n) is 5.08. The van der Waals surface area contributed by atoms with E-state index >= 15 is 0 Å². The molecule has 0 saturated carbocycles. The fourth-order valence-electron chi connectivity index (χ4n) is 2.02. The maximum absolute atomic E-state index is 9.80. The summed E-state index contributed by atoms with van der Waals surface area (Å²) in [4.78, 5) is 0. The molecule has 0 aromatic rings. The lowest BCUT2D eigenvalue weighted by Gasteiger charge is -2.29. The molecule has 74 valence electrons. The Balaban J connectivity index is 2.82. The van der Waals surface area contributed by atoms with Crippen molar-refractivity contribution in [3.05, 3.63) is 23.3 Å². The van der Waals surface area contributed by atoms with E-state index in [0.717, 1.165) is 19.3 Å². The summed E-state index contributed by atoms with van der Waals surface area (Å²) in [6.07, 6.45) is 2.80. The highest BCUT2D eigenvalue weighted by Gasteiger charge is 2.24. The van der Waals surface area contributed by atoms with Crippen molar-refractivity contribution in [2.24, 2.45) is 5.92 Å². The van der Waals surface area contributed by atoms with Gasteiger partial charge in [-0.15, -0.1) is 0 Å². The normalized spacial score (nSPS) is 29.2. The molecule has 0 spiro atoms. The van der Waals surface area contributed by atoms with Crippen molar-refractivity contribution in [2.45, 2.75) is 46.1 Å². The number of aliphatic hydroxyl groups is 1. The summed E-state index contributed by atoms with van der Waals surface area (Å²) in [6, 6.07) is 0. The van der Waals surface area contributed by atoms with E-state index in [1.807, 2.05) is 0 Å². The van der Waals surface area contributed by atoms with Gasteiger partial charge in [0.2, 0.25) is 0 Å². The van der Waals surface area contributed by atoms with Gasteiger partial charge >= 0.3 is 0 Å².